The number of hydrogen-bond donors (Lipinski definition) is 3. The molecule has 2 bridgehead atoms. The zero-order valence-corrected chi connectivity index (χ0v) is 34.1. The lowest BCUT2D eigenvalue weighted by Crippen LogP contribution is -2.62. The van der Waals surface area contributed by atoms with E-state index in [0.29, 0.717) is 41.5 Å². The van der Waals surface area contributed by atoms with Gasteiger partial charge >= 0.3 is 5.97 Å². The van der Waals surface area contributed by atoms with Gasteiger partial charge < -0.3 is 38.6 Å². The van der Waals surface area contributed by atoms with E-state index >= 15 is 0 Å². The minimum absolute atomic E-state index is 0.00535. The smallest absolute Gasteiger partial charge is 0.331 e. The topological polar surface area (TPSA) is 155 Å². The Bertz CT molecular complexity index is 2530. The summed E-state index contributed by atoms with van der Waals surface area (Å²) in [6.07, 6.45) is 0.593. The Morgan fingerprint density at radius 3 is 2.56 bits per heavy atom. The molecule has 0 aliphatic carbocycles. The number of ether oxygens (including phenoxy) is 6. The lowest BCUT2D eigenvalue weighted by atomic mass is 9.75. The highest BCUT2D eigenvalue weighted by Gasteiger charge is 2.78. The van der Waals surface area contributed by atoms with Gasteiger partial charge in [0.25, 0.3) is 0 Å². The molecule has 3 N–H and O–H groups in total. The number of rotatable bonds is 5. The summed E-state index contributed by atoms with van der Waals surface area (Å²) in [7, 11) is 3.07. The largest absolute Gasteiger partial charge is 0.504 e. The first-order valence-corrected chi connectivity index (χ1v) is 21.1. The molecule has 0 radical (unpaired) electrons. The molecule has 14 heteroatoms. The molecule has 13 nitrogen and oxygen atoms in total. The van der Waals surface area contributed by atoms with Gasteiger partial charge in [-0.05, 0) is 73.2 Å². The number of aromatic hydroxyl groups is 2. The van der Waals surface area contributed by atoms with Crippen molar-refractivity contribution in [2.75, 3.05) is 39.9 Å². The van der Waals surface area contributed by atoms with Crippen molar-refractivity contribution in [2.24, 2.45) is 0 Å². The number of methoxy groups -OCH3 is 2. The lowest BCUT2D eigenvalue weighted by Gasteiger charge is -2.55. The van der Waals surface area contributed by atoms with Crippen LogP contribution in [0.5, 0.6) is 40.2 Å². The van der Waals surface area contributed by atoms with Crippen molar-refractivity contribution in [3.63, 3.8) is 0 Å². The Morgan fingerprint density at radius 1 is 1.00 bits per heavy atom. The number of benzene rings is 4. The van der Waals surface area contributed by atoms with Crippen molar-refractivity contribution in [3.8, 4) is 46.3 Å². The van der Waals surface area contributed by atoms with Crippen LogP contribution in [-0.2, 0) is 33.6 Å². The molecule has 4 aromatic carbocycles. The van der Waals surface area contributed by atoms with Crippen molar-refractivity contribution in [3.05, 3.63) is 98.6 Å². The van der Waals surface area contributed by atoms with Gasteiger partial charge in [0.2, 0.25) is 6.79 Å². The molecular formula is C45H44N4O9S. The first-order chi connectivity index (χ1) is 28.6. The van der Waals surface area contributed by atoms with Crippen LogP contribution in [0.4, 0.5) is 0 Å². The number of phenolic OH excluding ortho intramolecular Hbond substituents is 2. The maximum absolute atomic E-state index is 14.9. The summed E-state index contributed by atoms with van der Waals surface area (Å²) >= 11 is 1.60. The fourth-order valence-electron chi connectivity index (χ4n) is 11.5. The van der Waals surface area contributed by atoms with E-state index in [0.717, 1.165) is 44.5 Å². The Kier molecular flexibility index (Phi) is 7.99. The number of carbonyl (C=O) groups excluding carboxylic acids is 1. The number of nitrogens with one attached hydrogen (secondary N) is 1. The molecule has 3 fully saturated rings. The fraction of sp³-hybridized carbons (Fsp3) is 0.422. The first kappa shape index (κ1) is 36.7. The summed E-state index contributed by atoms with van der Waals surface area (Å²) in [5.41, 5.74) is 5.76. The van der Waals surface area contributed by atoms with Gasteiger partial charge in [-0.2, -0.15) is 5.26 Å². The average molecular weight is 817 g/mol. The average Bonchev–Trinajstić information content (AvgIpc) is 3.48. The van der Waals surface area contributed by atoms with Crippen LogP contribution in [0.3, 0.4) is 0 Å². The number of nitriles is 1. The van der Waals surface area contributed by atoms with Crippen molar-refractivity contribution >= 4 is 17.7 Å². The molecule has 59 heavy (non-hydrogen) atoms. The summed E-state index contributed by atoms with van der Waals surface area (Å²) in [6, 6.07) is 16.0. The normalized spacial score (nSPS) is 31.5. The van der Waals surface area contributed by atoms with E-state index in [2.05, 4.69) is 34.2 Å². The van der Waals surface area contributed by atoms with Crippen LogP contribution in [-0.4, -0.2) is 84.0 Å². The van der Waals surface area contributed by atoms with Gasteiger partial charge in [-0.3, -0.25) is 15.1 Å². The molecule has 3 unspecified atom stereocenters. The minimum Gasteiger partial charge on any atom is -0.504 e. The molecule has 4 aromatic rings. The van der Waals surface area contributed by atoms with Crippen LogP contribution in [0.1, 0.15) is 74.3 Å². The molecule has 1 spiro atoms. The van der Waals surface area contributed by atoms with E-state index in [1.54, 1.807) is 31.0 Å². The molecule has 3 saturated heterocycles. The Hall–Kier alpha value is -5.33. The van der Waals surface area contributed by atoms with Gasteiger partial charge in [0, 0.05) is 40.6 Å². The SMILES string of the molecule is COc1cc2c(cc1O)CCN[C@]21CS[C@@H]2c3c(OCc4ccccc4)c(C)c4c(c3[C@H](COC1=O)N1C2[C@H]2c3c(cc(C)c(OC)c3O)C3(C)[C@@H]([C@@H]1C#N)N23)OCO4. The van der Waals surface area contributed by atoms with Gasteiger partial charge in [-0.15, -0.1) is 11.8 Å². The maximum Gasteiger partial charge on any atom is 0.331 e. The zero-order chi connectivity index (χ0) is 40.7. The second-order valence-electron chi connectivity index (χ2n) is 16.7. The molecule has 0 amide bonds. The van der Waals surface area contributed by atoms with E-state index in [4.69, 9.17) is 28.4 Å². The molecule has 8 heterocycles. The second kappa shape index (κ2) is 12.8. The Morgan fingerprint density at radius 2 is 1.80 bits per heavy atom. The number of aryl methyl sites for hydroxylation is 1. The standard InChI is InChI=1S/C45H44N4O9S/c1-21-13-26-31(36(51)37(21)54-5)34-35-41-33-32(40-39(57-20-58-40)22(2)38(33)55-17-23-9-7-6-8-10-23)28(48(35)27(16-46)42-44(26,3)49(34)42)18-56-43(52)45(19-59-41)25-15-30(53-4)29(50)14-24(25)11-12-47-45/h6-10,13-15,27-28,34-35,41-42,47,50-51H,11-12,17-20H2,1-5H3/t27-,28-,34+,35?,41+,42+,44?,45+,49?/m0/s1. The summed E-state index contributed by atoms with van der Waals surface area (Å²) in [5, 5.41) is 37.4. The monoisotopic (exact) mass is 816 g/mol. The molecule has 8 aliphatic rings. The van der Waals surface area contributed by atoms with Crippen LogP contribution < -0.4 is 29.0 Å². The van der Waals surface area contributed by atoms with E-state index in [1.807, 2.05) is 44.2 Å². The number of hydrogen-bond acceptors (Lipinski definition) is 14. The van der Waals surface area contributed by atoms with Crippen molar-refractivity contribution in [1.29, 1.82) is 5.26 Å². The maximum atomic E-state index is 14.9. The van der Waals surface area contributed by atoms with Gasteiger partial charge in [-0.1, -0.05) is 30.3 Å². The molecule has 9 atom stereocenters. The number of esters is 1. The van der Waals surface area contributed by atoms with E-state index in [9.17, 15) is 20.3 Å². The predicted octanol–water partition coefficient (Wildman–Crippen LogP) is 5.70. The number of fused-ring (bicyclic) bond motifs is 9. The highest BCUT2D eigenvalue weighted by atomic mass is 32.2. The van der Waals surface area contributed by atoms with Crippen LogP contribution in [0.25, 0.3) is 0 Å². The number of thioether (sulfide) groups is 1. The van der Waals surface area contributed by atoms with E-state index in [1.165, 1.54) is 7.11 Å². The van der Waals surface area contributed by atoms with Crippen LogP contribution in [0.2, 0.25) is 0 Å². The molecule has 8 aliphatic heterocycles. The number of phenols is 2. The van der Waals surface area contributed by atoms with Gasteiger partial charge in [0.15, 0.2) is 40.0 Å². The van der Waals surface area contributed by atoms with Crippen molar-refractivity contribution in [2.45, 2.75) is 80.3 Å². The number of nitrogens with zero attached hydrogens (tertiary/aromatic N) is 3. The summed E-state index contributed by atoms with van der Waals surface area (Å²) in [4.78, 5) is 19.6. The third-order valence-corrected chi connectivity index (χ3v) is 15.5. The van der Waals surface area contributed by atoms with Gasteiger partial charge in [0.05, 0.1) is 49.2 Å². The van der Waals surface area contributed by atoms with Crippen molar-refractivity contribution in [1.82, 2.24) is 15.1 Å². The Labute approximate surface area is 345 Å². The van der Waals surface area contributed by atoms with Crippen LogP contribution >= 0.6 is 11.8 Å². The zero-order valence-electron chi connectivity index (χ0n) is 33.3. The molecular weight excluding hydrogens is 773 g/mol. The van der Waals surface area contributed by atoms with E-state index in [-0.39, 0.29) is 55.1 Å². The second-order valence-corrected chi connectivity index (χ2v) is 17.9. The highest BCUT2D eigenvalue weighted by Crippen LogP contribution is 2.74. The summed E-state index contributed by atoms with van der Waals surface area (Å²) < 4.78 is 37.5. The molecule has 0 saturated carbocycles. The predicted molar refractivity (Wildman–Crippen MR) is 215 cm³/mol. The van der Waals surface area contributed by atoms with Crippen LogP contribution in [0, 0.1) is 25.2 Å². The summed E-state index contributed by atoms with van der Waals surface area (Å²) in [5.74, 6) is 2.36. The minimum atomic E-state index is -1.31. The number of carbonyl (C=O) groups is 1. The first-order valence-electron chi connectivity index (χ1n) is 20.0. The molecule has 304 valence electrons. The third-order valence-electron chi connectivity index (χ3n) is 14.1. The van der Waals surface area contributed by atoms with Crippen LogP contribution in [0.15, 0.2) is 48.5 Å². The quantitative estimate of drug-likeness (QED) is 0.167. The Balaban J connectivity index is 1.17. The highest BCUT2D eigenvalue weighted by molar-refractivity contribution is 7.99. The lowest BCUT2D eigenvalue weighted by molar-refractivity contribution is -0.155. The fourth-order valence-corrected chi connectivity index (χ4v) is 13.2. The van der Waals surface area contributed by atoms with Gasteiger partial charge in [0.1, 0.15) is 25.0 Å². The molecule has 0 aromatic heterocycles. The third kappa shape index (κ3) is 4.70. The number of piperazine rings is 1. The van der Waals surface area contributed by atoms with E-state index < -0.39 is 40.4 Å². The van der Waals surface area contributed by atoms with Crippen molar-refractivity contribution < 1.29 is 43.4 Å². The molecule has 12 rings (SSSR count). The summed E-state index contributed by atoms with van der Waals surface area (Å²) in [6.45, 7) is 6.77. The van der Waals surface area contributed by atoms with Gasteiger partial charge in [-0.25, -0.2) is 4.79 Å².